The summed E-state index contributed by atoms with van der Waals surface area (Å²) in [7, 11) is 0. The second kappa shape index (κ2) is 9.75. The molecule has 0 unspecified atom stereocenters. The Labute approximate surface area is 186 Å². The second-order valence-electron chi connectivity index (χ2n) is 7.00. The van der Waals surface area contributed by atoms with E-state index in [0.29, 0.717) is 47.5 Å². The van der Waals surface area contributed by atoms with Crippen LogP contribution in [-0.4, -0.2) is 21.9 Å². The lowest BCUT2D eigenvalue weighted by molar-refractivity contribution is 0.304. The van der Waals surface area contributed by atoms with Crippen LogP contribution in [-0.2, 0) is 6.61 Å². The fourth-order valence-electron chi connectivity index (χ4n) is 3.20. The molecular weight excluding hydrogens is 404 g/mol. The first-order valence-corrected chi connectivity index (χ1v) is 10.3. The Morgan fingerprint density at radius 3 is 2.47 bits per heavy atom. The summed E-state index contributed by atoms with van der Waals surface area (Å²) in [5, 5.41) is 17.6. The Morgan fingerprint density at radius 2 is 1.75 bits per heavy atom. The Bertz CT molecular complexity index is 1200. The lowest BCUT2D eigenvalue weighted by Crippen LogP contribution is -1.96. The highest BCUT2D eigenvalue weighted by molar-refractivity contribution is 5.73. The molecule has 162 valence electrons. The van der Waals surface area contributed by atoms with Crippen molar-refractivity contribution < 1.29 is 19.3 Å². The quantitative estimate of drug-likeness (QED) is 0.332. The number of nitrogens with zero attached hydrogens (tertiary/aromatic N) is 1. The highest BCUT2D eigenvalue weighted by atomic mass is 16.5. The Kier molecular flexibility index (Phi) is 6.41. The molecule has 0 fully saturated rings. The van der Waals surface area contributed by atoms with Crippen molar-refractivity contribution in [1.82, 2.24) is 10.2 Å². The van der Waals surface area contributed by atoms with Crippen LogP contribution >= 0.6 is 0 Å². The van der Waals surface area contributed by atoms with Gasteiger partial charge >= 0.3 is 0 Å². The van der Waals surface area contributed by atoms with Crippen molar-refractivity contribution >= 4 is 6.08 Å². The van der Waals surface area contributed by atoms with Crippen LogP contribution in [0.15, 0.2) is 79.5 Å². The summed E-state index contributed by atoms with van der Waals surface area (Å²) in [6.07, 6.45) is 3.36. The molecule has 0 radical (unpaired) electrons. The molecule has 0 saturated carbocycles. The molecule has 0 bridgehead atoms. The van der Waals surface area contributed by atoms with Crippen molar-refractivity contribution in [1.29, 1.82) is 0 Å². The van der Waals surface area contributed by atoms with Gasteiger partial charge in [0.2, 0.25) is 0 Å². The van der Waals surface area contributed by atoms with E-state index in [4.69, 9.17) is 14.2 Å². The molecule has 0 aliphatic carbocycles. The Balaban J connectivity index is 1.50. The minimum atomic E-state index is 0.0525. The van der Waals surface area contributed by atoms with Crippen molar-refractivity contribution in [3.05, 3.63) is 90.6 Å². The first kappa shape index (κ1) is 21.1. The molecule has 1 aromatic heterocycles. The van der Waals surface area contributed by atoms with Crippen LogP contribution < -0.4 is 14.2 Å². The number of hydrogen-bond acceptors (Lipinski definition) is 5. The van der Waals surface area contributed by atoms with Gasteiger partial charge in [0.1, 0.15) is 23.8 Å². The van der Waals surface area contributed by atoms with Crippen LogP contribution in [0.2, 0.25) is 0 Å². The van der Waals surface area contributed by atoms with Crippen LogP contribution in [0.3, 0.4) is 0 Å². The normalized spacial score (nSPS) is 10.5. The summed E-state index contributed by atoms with van der Waals surface area (Å²) >= 11 is 0. The van der Waals surface area contributed by atoms with Gasteiger partial charge in [-0.3, -0.25) is 5.10 Å². The van der Waals surface area contributed by atoms with Crippen LogP contribution in [0.5, 0.6) is 28.7 Å². The zero-order chi connectivity index (χ0) is 22.3. The number of rotatable bonds is 9. The zero-order valence-electron chi connectivity index (χ0n) is 17.7. The fraction of sp³-hybridized carbons (Fsp3) is 0.115. The predicted molar refractivity (Wildman–Crippen MR) is 124 cm³/mol. The third-order valence-corrected chi connectivity index (χ3v) is 4.83. The topological polar surface area (TPSA) is 76.6 Å². The lowest BCUT2D eigenvalue weighted by Gasteiger charge is -2.12. The van der Waals surface area contributed by atoms with Crippen LogP contribution in [0.4, 0.5) is 0 Å². The molecule has 2 N–H and O–H groups in total. The van der Waals surface area contributed by atoms with Gasteiger partial charge in [-0.15, -0.1) is 0 Å². The number of benzene rings is 3. The molecule has 0 spiro atoms. The molecule has 3 aromatic carbocycles. The minimum absolute atomic E-state index is 0.0525. The molecule has 6 heteroatoms. The van der Waals surface area contributed by atoms with Crippen molar-refractivity contribution in [2.75, 3.05) is 6.61 Å². The molecule has 1 heterocycles. The number of hydrogen-bond donors (Lipinski definition) is 2. The predicted octanol–water partition coefficient (Wildman–Crippen LogP) is 6.20. The van der Waals surface area contributed by atoms with Crippen LogP contribution in [0, 0.1) is 0 Å². The molecule has 32 heavy (non-hydrogen) atoms. The summed E-state index contributed by atoms with van der Waals surface area (Å²) < 4.78 is 17.5. The van der Waals surface area contributed by atoms with Gasteiger partial charge in [-0.25, -0.2) is 0 Å². The molecule has 6 nitrogen and oxygen atoms in total. The highest BCUT2D eigenvalue weighted by Gasteiger charge is 2.16. The van der Waals surface area contributed by atoms with Gasteiger partial charge in [0.15, 0.2) is 17.2 Å². The van der Waals surface area contributed by atoms with Crippen molar-refractivity contribution in [2.45, 2.75) is 13.5 Å². The van der Waals surface area contributed by atoms with Crippen LogP contribution in [0.25, 0.3) is 17.3 Å². The van der Waals surface area contributed by atoms with Crippen molar-refractivity contribution in [2.24, 2.45) is 0 Å². The Hall–Kier alpha value is -4.19. The molecule has 0 atom stereocenters. The molecule has 0 amide bonds. The summed E-state index contributed by atoms with van der Waals surface area (Å²) in [5.41, 5.74) is 3.18. The third kappa shape index (κ3) is 4.75. The number of nitrogens with one attached hydrogen (secondary N) is 1. The number of para-hydroxylation sites is 2. The maximum atomic E-state index is 10.6. The van der Waals surface area contributed by atoms with Gasteiger partial charge in [-0.2, -0.15) is 5.10 Å². The van der Waals surface area contributed by atoms with E-state index >= 15 is 0 Å². The van der Waals surface area contributed by atoms with Gasteiger partial charge in [0.05, 0.1) is 12.8 Å². The molecule has 0 aliphatic heterocycles. The van der Waals surface area contributed by atoms with E-state index in [1.165, 1.54) is 0 Å². The summed E-state index contributed by atoms with van der Waals surface area (Å²) in [6.45, 7) is 6.59. The average Bonchev–Trinajstić information content (AvgIpc) is 3.27. The molecular formula is C26H24N2O4. The summed E-state index contributed by atoms with van der Waals surface area (Å²) in [4.78, 5) is 0. The van der Waals surface area contributed by atoms with E-state index in [1.807, 2.05) is 55.5 Å². The number of phenols is 1. The van der Waals surface area contributed by atoms with E-state index in [2.05, 4.69) is 16.8 Å². The molecule has 4 aromatic rings. The van der Waals surface area contributed by atoms with E-state index in [0.717, 1.165) is 11.1 Å². The van der Waals surface area contributed by atoms with Crippen molar-refractivity contribution in [3.8, 4) is 40.0 Å². The second-order valence-corrected chi connectivity index (χ2v) is 7.00. The standard InChI is InChI=1S/C26H24N2O4/c1-3-18-9-11-19(12-10-18)17-31-20-13-14-21(22(29)15-20)26-25(16-27-28-26)32-24-8-6-5-7-23(24)30-4-2/h3,5-16,29H,1,4,17H2,2H3,(H,27,28). The summed E-state index contributed by atoms with van der Waals surface area (Å²) in [5.74, 6) is 2.29. The smallest absolute Gasteiger partial charge is 0.173 e. The number of aromatic amines is 1. The minimum Gasteiger partial charge on any atom is -0.507 e. The monoisotopic (exact) mass is 428 g/mol. The molecule has 4 rings (SSSR count). The lowest BCUT2D eigenvalue weighted by atomic mass is 10.1. The number of aromatic hydroxyl groups is 1. The first-order valence-electron chi connectivity index (χ1n) is 10.3. The number of aromatic nitrogens is 2. The number of phenolic OH excluding ortho intramolecular Hbond substituents is 1. The maximum absolute atomic E-state index is 10.6. The van der Waals surface area contributed by atoms with Gasteiger partial charge < -0.3 is 19.3 Å². The SMILES string of the molecule is C=Cc1ccc(COc2ccc(-c3[nH]ncc3Oc3ccccc3OCC)c(O)c2)cc1. The Morgan fingerprint density at radius 1 is 0.969 bits per heavy atom. The van der Waals surface area contributed by atoms with Crippen molar-refractivity contribution in [3.63, 3.8) is 0 Å². The van der Waals surface area contributed by atoms with E-state index in [1.54, 1.807) is 30.5 Å². The molecule has 0 aliphatic rings. The third-order valence-electron chi connectivity index (χ3n) is 4.83. The highest BCUT2D eigenvalue weighted by Crippen LogP contribution is 2.40. The number of H-pyrrole nitrogens is 1. The van der Waals surface area contributed by atoms with Gasteiger partial charge in [-0.05, 0) is 42.3 Å². The van der Waals surface area contributed by atoms with E-state index in [9.17, 15) is 5.11 Å². The van der Waals surface area contributed by atoms with Crippen LogP contribution in [0.1, 0.15) is 18.1 Å². The van der Waals surface area contributed by atoms with Gasteiger partial charge in [-0.1, -0.05) is 49.1 Å². The largest absolute Gasteiger partial charge is 0.507 e. The van der Waals surface area contributed by atoms with Gasteiger partial charge in [0, 0.05) is 11.6 Å². The maximum Gasteiger partial charge on any atom is 0.173 e. The van der Waals surface area contributed by atoms with E-state index in [-0.39, 0.29) is 5.75 Å². The summed E-state index contributed by atoms with van der Waals surface area (Å²) in [6, 6.07) is 20.5. The van der Waals surface area contributed by atoms with E-state index < -0.39 is 0 Å². The van der Waals surface area contributed by atoms with Gasteiger partial charge in [0.25, 0.3) is 0 Å². The molecule has 0 saturated heterocycles. The zero-order valence-corrected chi connectivity index (χ0v) is 17.7. The first-order chi connectivity index (χ1) is 15.7. The average molecular weight is 428 g/mol. The number of ether oxygens (including phenoxy) is 3. The fourth-order valence-corrected chi connectivity index (χ4v) is 3.20.